The van der Waals surface area contributed by atoms with Crippen molar-refractivity contribution in [2.75, 3.05) is 5.75 Å². The second-order valence-corrected chi connectivity index (χ2v) is 7.39. The van der Waals surface area contributed by atoms with Gasteiger partial charge in [0, 0.05) is 5.75 Å². The van der Waals surface area contributed by atoms with Gasteiger partial charge in [-0.2, -0.15) is 12.6 Å². The van der Waals surface area contributed by atoms with Gasteiger partial charge in [-0.05, 0) is 50.9 Å². The van der Waals surface area contributed by atoms with E-state index in [-0.39, 0.29) is 5.75 Å². The number of carboxylic acids is 1. The number of hydrogen-bond donors (Lipinski definition) is 2. The number of benzene rings is 1. The van der Waals surface area contributed by atoms with Crippen LogP contribution in [0.2, 0.25) is 0 Å². The van der Waals surface area contributed by atoms with E-state index in [4.69, 9.17) is 14.4 Å². The molecule has 0 aromatic heterocycles. The van der Waals surface area contributed by atoms with Crippen LogP contribution < -0.4 is 4.74 Å². The molecular weight excluding hydrogens is 384 g/mol. The fraction of sp³-hybridized carbons (Fsp3) is 0.471. The molecule has 0 atom stereocenters. The lowest BCUT2D eigenvalue weighted by molar-refractivity contribution is -0.274. The van der Waals surface area contributed by atoms with E-state index in [1.54, 1.807) is 6.08 Å². The van der Waals surface area contributed by atoms with Gasteiger partial charge in [0.2, 0.25) is 0 Å². The first-order valence-corrected chi connectivity index (χ1v) is 8.69. The van der Waals surface area contributed by atoms with Gasteiger partial charge in [-0.25, -0.2) is 4.79 Å². The van der Waals surface area contributed by atoms with Crippen molar-refractivity contribution in [2.45, 2.75) is 45.3 Å². The van der Waals surface area contributed by atoms with Crippen LogP contribution in [0.15, 0.2) is 23.7 Å². The standard InChI is InChI=1S/C17H20BF3O5S/c1-15(2)16(3,4)26-18(25-15)11(9-27)7-10-5-6-12(14(22)23)13(8-10)24-17(19,20)21/h5-8,27H,9H2,1-4H3,(H,22,23). The molecule has 10 heteroatoms. The Balaban J connectivity index is 2.39. The van der Waals surface area contributed by atoms with Crippen LogP contribution in [0.3, 0.4) is 0 Å². The molecule has 0 bridgehead atoms. The molecule has 1 saturated heterocycles. The van der Waals surface area contributed by atoms with E-state index >= 15 is 0 Å². The smallest absolute Gasteiger partial charge is 0.478 e. The van der Waals surface area contributed by atoms with E-state index in [1.165, 1.54) is 6.07 Å². The molecule has 0 saturated carbocycles. The van der Waals surface area contributed by atoms with E-state index in [1.807, 2.05) is 27.7 Å². The zero-order valence-corrected chi connectivity index (χ0v) is 16.1. The Morgan fingerprint density at radius 2 is 1.81 bits per heavy atom. The summed E-state index contributed by atoms with van der Waals surface area (Å²) >= 11 is 4.25. The molecule has 2 rings (SSSR count). The second kappa shape index (κ2) is 7.41. The molecule has 0 amide bonds. The Morgan fingerprint density at radius 1 is 1.26 bits per heavy atom. The molecule has 0 spiro atoms. The van der Waals surface area contributed by atoms with Crippen molar-refractivity contribution >= 4 is 31.8 Å². The summed E-state index contributed by atoms with van der Waals surface area (Å²) in [4.78, 5) is 11.1. The van der Waals surface area contributed by atoms with Crippen LogP contribution >= 0.6 is 12.6 Å². The van der Waals surface area contributed by atoms with Gasteiger partial charge in [-0.15, -0.1) is 13.2 Å². The number of carbonyl (C=O) groups is 1. The summed E-state index contributed by atoms with van der Waals surface area (Å²) in [7, 11) is -0.723. The maximum absolute atomic E-state index is 12.6. The minimum atomic E-state index is -5.01. The Labute approximate surface area is 161 Å². The third-order valence-corrected chi connectivity index (χ3v) is 4.92. The van der Waals surface area contributed by atoms with Crippen LogP contribution in [-0.4, -0.2) is 41.5 Å². The summed E-state index contributed by atoms with van der Waals surface area (Å²) in [5, 5.41) is 9.05. The molecular formula is C17H20BF3O5S. The molecule has 27 heavy (non-hydrogen) atoms. The fourth-order valence-electron chi connectivity index (χ4n) is 2.41. The van der Waals surface area contributed by atoms with Gasteiger partial charge in [0.15, 0.2) is 0 Å². The predicted octanol–water partition coefficient (Wildman–Crippen LogP) is 4.23. The van der Waals surface area contributed by atoms with Crippen molar-refractivity contribution < 1.29 is 37.1 Å². The van der Waals surface area contributed by atoms with E-state index in [0.29, 0.717) is 11.0 Å². The molecule has 0 aliphatic carbocycles. The van der Waals surface area contributed by atoms with Gasteiger partial charge in [0.25, 0.3) is 0 Å². The number of carboxylic acid groups (broad SMARTS) is 1. The highest BCUT2D eigenvalue weighted by molar-refractivity contribution is 7.80. The van der Waals surface area contributed by atoms with Gasteiger partial charge in [-0.1, -0.05) is 12.1 Å². The van der Waals surface area contributed by atoms with Crippen molar-refractivity contribution in [2.24, 2.45) is 0 Å². The Bertz CT molecular complexity index is 745. The number of rotatable bonds is 5. The minimum absolute atomic E-state index is 0.229. The number of halogens is 3. The first kappa shape index (κ1) is 21.7. The van der Waals surface area contributed by atoms with E-state index < -0.39 is 42.0 Å². The Morgan fingerprint density at radius 3 is 2.26 bits per heavy atom. The van der Waals surface area contributed by atoms with Crippen LogP contribution in [0, 0.1) is 0 Å². The fourth-order valence-corrected chi connectivity index (χ4v) is 2.65. The largest absolute Gasteiger partial charge is 0.573 e. The molecule has 1 N–H and O–H groups in total. The maximum Gasteiger partial charge on any atom is 0.573 e. The lowest BCUT2D eigenvalue weighted by Crippen LogP contribution is -2.41. The Kier molecular flexibility index (Phi) is 5.94. The maximum atomic E-state index is 12.6. The highest BCUT2D eigenvalue weighted by Gasteiger charge is 2.52. The van der Waals surface area contributed by atoms with Gasteiger partial charge in [-0.3, -0.25) is 0 Å². The Hall–Kier alpha value is -1.65. The molecule has 1 fully saturated rings. The van der Waals surface area contributed by atoms with Gasteiger partial charge in [0.05, 0.1) is 11.2 Å². The quantitative estimate of drug-likeness (QED) is 0.568. The number of hydrogen-bond acceptors (Lipinski definition) is 5. The minimum Gasteiger partial charge on any atom is -0.478 e. The molecule has 1 aromatic carbocycles. The third-order valence-electron chi connectivity index (χ3n) is 4.55. The first-order chi connectivity index (χ1) is 12.3. The van der Waals surface area contributed by atoms with Gasteiger partial charge < -0.3 is 19.2 Å². The molecule has 148 valence electrons. The van der Waals surface area contributed by atoms with Crippen LogP contribution in [0.25, 0.3) is 6.08 Å². The average molecular weight is 404 g/mol. The summed E-state index contributed by atoms with van der Waals surface area (Å²) in [5.41, 5.74) is -0.877. The van der Waals surface area contributed by atoms with Crippen molar-refractivity contribution in [1.29, 1.82) is 0 Å². The highest BCUT2D eigenvalue weighted by Crippen LogP contribution is 2.39. The van der Waals surface area contributed by atoms with Gasteiger partial charge in [0.1, 0.15) is 11.3 Å². The first-order valence-electron chi connectivity index (χ1n) is 8.06. The van der Waals surface area contributed by atoms with Crippen LogP contribution in [0.1, 0.15) is 43.6 Å². The van der Waals surface area contributed by atoms with E-state index in [2.05, 4.69) is 17.4 Å². The van der Waals surface area contributed by atoms with E-state index in [9.17, 15) is 18.0 Å². The third kappa shape index (κ3) is 5.00. The predicted molar refractivity (Wildman–Crippen MR) is 98.0 cm³/mol. The topological polar surface area (TPSA) is 65.0 Å². The van der Waals surface area contributed by atoms with Crippen molar-refractivity contribution in [1.82, 2.24) is 0 Å². The van der Waals surface area contributed by atoms with Crippen LogP contribution in [0.5, 0.6) is 5.75 Å². The number of aromatic carboxylic acids is 1. The molecule has 0 radical (unpaired) electrons. The SMILES string of the molecule is CC1(C)OB(C(=Cc2ccc(C(=O)O)c(OC(F)(F)F)c2)CS)OC1(C)C. The summed E-state index contributed by atoms with van der Waals surface area (Å²) in [6.45, 7) is 7.50. The lowest BCUT2D eigenvalue weighted by atomic mass is 9.78. The zero-order chi connectivity index (χ0) is 20.6. The molecule has 1 aliphatic heterocycles. The molecule has 1 aliphatic rings. The molecule has 1 aromatic rings. The summed E-state index contributed by atoms with van der Waals surface area (Å²) in [6.07, 6.45) is -3.46. The number of ether oxygens (including phenoxy) is 1. The molecule has 1 heterocycles. The van der Waals surface area contributed by atoms with Crippen LogP contribution in [0.4, 0.5) is 13.2 Å². The summed E-state index contributed by atoms with van der Waals surface area (Å²) in [6, 6.07) is 3.43. The summed E-state index contributed by atoms with van der Waals surface area (Å²) < 4.78 is 53.4. The normalized spacial score (nSPS) is 19.3. The van der Waals surface area contributed by atoms with Crippen molar-refractivity contribution in [3.05, 3.63) is 34.8 Å². The zero-order valence-electron chi connectivity index (χ0n) is 15.3. The number of alkyl halides is 3. The van der Waals surface area contributed by atoms with Crippen molar-refractivity contribution in [3.8, 4) is 5.75 Å². The monoisotopic (exact) mass is 404 g/mol. The molecule has 0 unspecified atom stereocenters. The molecule has 5 nitrogen and oxygen atoms in total. The average Bonchev–Trinajstić information content (AvgIpc) is 2.71. The summed E-state index contributed by atoms with van der Waals surface area (Å²) in [5.74, 6) is -2.09. The van der Waals surface area contributed by atoms with E-state index in [0.717, 1.165) is 12.1 Å². The van der Waals surface area contributed by atoms with Crippen molar-refractivity contribution in [3.63, 3.8) is 0 Å². The van der Waals surface area contributed by atoms with Gasteiger partial charge >= 0.3 is 19.5 Å². The van der Waals surface area contributed by atoms with Crippen LogP contribution in [-0.2, 0) is 9.31 Å². The second-order valence-electron chi connectivity index (χ2n) is 7.07. The highest BCUT2D eigenvalue weighted by atomic mass is 32.1. The number of thiol groups is 1. The lowest BCUT2D eigenvalue weighted by Gasteiger charge is -2.32.